The molecule has 0 atom stereocenters. The van der Waals surface area contributed by atoms with Crippen molar-refractivity contribution in [2.24, 2.45) is 0 Å². The van der Waals surface area contributed by atoms with Crippen LogP contribution in [0.2, 0.25) is 5.02 Å². The molecule has 0 aromatic carbocycles. The van der Waals surface area contributed by atoms with E-state index >= 15 is 0 Å². The first-order chi connectivity index (χ1) is 8.56. The Morgan fingerprint density at radius 1 is 1.33 bits per heavy atom. The second kappa shape index (κ2) is 5.32. The summed E-state index contributed by atoms with van der Waals surface area (Å²) >= 11 is 6.91. The van der Waals surface area contributed by atoms with E-state index in [4.69, 9.17) is 16.7 Å². The molecular weight excluding hydrogens is 274 g/mol. The van der Waals surface area contributed by atoms with Gasteiger partial charge < -0.3 is 5.11 Å². The van der Waals surface area contributed by atoms with Gasteiger partial charge in [0.15, 0.2) is 10.9 Å². The Kier molecular flexibility index (Phi) is 3.78. The maximum absolute atomic E-state index is 10.9. The van der Waals surface area contributed by atoms with Gasteiger partial charge in [-0.25, -0.2) is 19.7 Å². The summed E-state index contributed by atoms with van der Waals surface area (Å²) < 4.78 is 0. The van der Waals surface area contributed by atoms with Crippen molar-refractivity contribution in [2.75, 3.05) is 0 Å². The van der Waals surface area contributed by atoms with Crippen LogP contribution in [0.25, 0.3) is 0 Å². The number of aromatic nitrogens is 3. The highest BCUT2D eigenvalue weighted by Crippen LogP contribution is 2.25. The van der Waals surface area contributed by atoms with E-state index in [9.17, 15) is 4.79 Å². The van der Waals surface area contributed by atoms with Crippen LogP contribution >= 0.6 is 23.4 Å². The Balaban J connectivity index is 2.27. The maximum Gasteiger partial charge on any atom is 0.356 e. The molecule has 5 nitrogen and oxygen atoms in total. The average molecular weight is 282 g/mol. The maximum atomic E-state index is 10.9. The molecule has 0 amide bonds. The number of halogens is 1. The second-order valence-corrected chi connectivity index (χ2v) is 4.82. The summed E-state index contributed by atoms with van der Waals surface area (Å²) in [6.07, 6.45) is 3.37. The van der Waals surface area contributed by atoms with Crippen molar-refractivity contribution in [1.82, 2.24) is 15.0 Å². The number of nitrogens with zero attached hydrogens (tertiary/aromatic N) is 3. The van der Waals surface area contributed by atoms with Crippen molar-refractivity contribution in [1.29, 1.82) is 0 Å². The topological polar surface area (TPSA) is 76.0 Å². The van der Waals surface area contributed by atoms with E-state index in [1.54, 1.807) is 18.5 Å². The van der Waals surface area contributed by atoms with Gasteiger partial charge in [-0.3, -0.25) is 0 Å². The molecule has 2 aromatic heterocycles. The van der Waals surface area contributed by atoms with Gasteiger partial charge in [0.2, 0.25) is 0 Å². The molecule has 2 aromatic rings. The Hall–Kier alpha value is -1.66. The number of pyridine rings is 1. The lowest BCUT2D eigenvalue weighted by atomic mass is 10.3. The van der Waals surface area contributed by atoms with Crippen LogP contribution in [0.4, 0.5) is 0 Å². The first-order valence-electron chi connectivity index (χ1n) is 4.92. The van der Waals surface area contributed by atoms with Crippen LogP contribution in [-0.2, 0) is 0 Å². The number of carboxylic acids is 1. The summed E-state index contributed by atoms with van der Waals surface area (Å²) in [5, 5.41) is 10.0. The third kappa shape index (κ3) is 2.96. The third-order valence-electron chi connectivity index (χ3n) is 1.98. The SMILES string of the molecule is Cc1cnc(Sc2ccc(Cl)c(C(=O)O)n2)nc1. The molecule has 0 fully saturated rings. The number of carboxylic acid groups (broad SMARTS) is 1. The lowest BCUT2D eigenvalue weighted by Gasteiger charge is -2.02. The lowest BCUT2D eigenvalue weighted by Crippen LogP contribution is -2.02. The quantitative estimate of drug-likeness (QED) is 0.872. The molecule has 92 valence electrons. The Bertz CT molecular complexity index is 589. The van der Waals surface area contributed by atoms with E-state index in [1.807, 2.05) is 6.92 Å². The molecule has 18 heavy (non-hydrogen) atoms. The predicted molar refractivity (Wildman–Crippen MR) is 67.1 cm³/mol. The highest BCUT2D eigenvalue weighted by Gasteiger charge is 2.12. The summed E-state index contributed by atoms with van der Waals surface area (Å²) in [6.45, 7) is 1.89. The van der Waals surface area contributed by atoms with Crippen LogP contribution < -0.4 is 0 Å². The molecule has 0 radical (unpaired) electrons. The van der Waals surface area contributed by atoms with Crippen LogP contribution in [0.15, 0.2) is 34.7 Å². The Morgan fingerprint density at radius 3 is 2.61 bits per heavy atom. The van der Waals surface area contributed by atoms with Crippen LogP contribution in [0, 0.1) is 6.92 Å². The largest absolute Gasteiger partial charge is 0.476 e. The van der Waals surface area contributed by atoms with Crippen LogP contribution in [0.1, 0.15) is 16.1 Å². The molecule has 0 aliphatic rings. The number of aryl methyl sites for hydroxylation is 1. The van der Waals surface area contributed by atoms with Crippen LogP contribution in [0.3, 0.4) is 0 Å². The van der Waals surface area contributed by atoms with Gasteiger partial charge in [-0.2, -0.15) is 0 Å². The van der Waals surface area contributed by atoms with Crippen LogP contribution in [-0.4, -0.2) is 26.0 Å². The van der Waals surface area contributed by atoms with E-state index in [2.05, 4.69) is 15.0 Å². The molecule has 0 spiro atoms. The van der Waals surface area contributed by atoms with Gasteiger partial charge in [0, 0.05) is 12.4 Å². The van der Waals surface area contributed by atoms with Crippen molar-refractivity contribution in [3.8, 4) is 0 Å². The molecule has 0 aliphatic carbocycles. The number of rotatable bonds is 3. The zero-order chi connectivity index (χ0) is 13.1. The normalized spacial score (nSPS) is 10.3. The third-order valence-corrected chi connectivity index (χ3v) is 3.11. The Labute approximate surface area is 112 Å². The average Bonchev–Trinajstić information content (AvgIpc) is 2.34. The summed E-state index contributed by atoms with van der Waals surface area (Å²) in [5.41, 5.74) is 0.781. The van der Waals surface area contributed by atoms with E-state index in [0.717, 1.165) is 5.56 Å². The van der Waals surface area contributed by atoms with Crippen molar-refractivity contribution in [3.63, 3.8) is 0 Å². The number of hydrogen-bond acceptors (Lipinski definition) is 5. The minimum Gasteiger partial charge on any atom is -0.476 e. The van der Waals surface area contributed by atoms with Crippen molar-refractivity contribution >= 4 is 29.3 Å². The van der Waals surface area contributed by atoms with E-state index in [0.29, 0.717) is 10.2 Å². The first kappa shape index (κ1) is 12.8. The molecular formula is C11H8ClN3O2S. The zero-order valence-corrected chi connectivity index (χ0v) is 10.9. The van der Waals surface area contributed by atoms with E-state index in [1.165, 1.54) is 17.8 Å². The minimum absolute atomic E-state index is 0.108. The second-order valence-electron chi connectivity index (χ2n) is 3.43. The summed E-state index contributed by atoms with van der Waals surface area (Å²) in [4.78, 5) is 23.0. The van der Waals surface area contributed by atoms with Gasteiger partial charge in [-0.05, 0) is 36.4 Å². The van der Waals surface area contributed by atoms with Gasteiger partial charge in [0.1, 0.15) is 5.03 Å². The van der Waals surface area contributed by atoms with Gasteiger partial charge in [-0.1, -0.05) is 11.6 Å². The molecule has 0 saturated heterocycles. The van der Waals surface area contributed by atoms with Crippen molar-refractivity contribution in [2.45, 2.75) is 17.1 Å². The van der Waals surface area contributed by atoms with Gasteiger partial charge in [0.05, 0.1) is 5.02 Å². The molecule has 0 aliphatic heterocycles. The number of carbonyl (C=O) groups is 1. The van der Waals surface area contributed by atoms with Gasteiger partial charge in [0.25, 0.3) is 0 Å². The minimum atomic E-state index is -1.16. The standard InChI is InChI=1S/C11H8ClN3O2S/c1-6-4-13-11(14-5-6)18-8-3-2-7(12)9(15-8)10(16)17/h2-5H,1H3,(H,16,17). The van der Waals surface area contributed by atoms with Crippen LogP contribution in [0.5, 0.6) is 0 Å². The first-order valence-corrected chi connectivity index (χ1v) is 6.12. The summed E-state index contributed by atoms with van der Waals surface area (Å²) in [7, 11) is 0. The number of hydrogen-bond donors (Lipinski definition) is 1. The molecule has 7 heteroatoms. The van der Waals surface area contributed by atoms with Crippen molar-refractivity contribution in [3.05, 3.63) is 40.8 Å². The summed E-state index contributed by atoms with van der Waals surface area (Å²) in [6, 6.07) is 3.12. The van der Waals surface area contributed by atoms with E-state index < -0.39 is 5.97 Å². The van der Waals surface area contributed by atoms with E-state index in [-0.39, 0.29) is 10.7 Å². The fourth-order valence-electron chi connectivity index (χ4n) is 1.16. The smallest absolute Gasteiger partial charge is 0.356 e. The monoisotopic (exact) mass is 281 g/mol. The molecule has 1 N–H and O–H groups in total. The fourth-order valence-corrected chi connectivity index (χ4v) is 2.02. The highest BCUT2D eigenvalue weighted by atomic mass is 35.5. The molecule has 0 bridgehead atoms. The molecule has 0 unspecified atom stereocenters. The summed E-state index contributed by atoms with van der Waals surface area (Å²) in [5.74, 6) is -1.16. The fraction of sp³-hybridized carbons (Fsp3) is 0.0909. The Morgan fingerprint density at radius 2 is 2.00 bits per heavy atom. The van der Waals surface area contributed by atoms with Crippen molar-refractivity contribution < 1.29 is 9.90 Å². The molecule has 0 saturated carbocycles. The van der Waals surface area contributed by atoms with Gasteiger partial charge in [-0.15, -0.1) is 0 Å². The zero-order valence-electron chi connectivity index (χ0n) is 9.29. The highest BCUT2D eigenvalue weighted by molar-refractivity contribution is 7.99. The number of aromatic carboxylic acids is 1. The van der Waals surface area contributed by atoms with Gasteiger partial charge >= 0.3 is 5.97 Å². The molecule has 2 heterocycles. The molecule has 2 rings (SSSR count). The lowest BCUT2D eigenvalue weighted by molar-refractivity contribution is 0.0690. The predicted octanol–water partition coefficient (Wildman–Crippen LogP) is 2.68.